The molecule has 0 aliphatic rings. The van der Waals surface area contributed by atoms with E-state index in [0.717, 1.165) is 15.2 Å². The number of carbonyl (C=O) groups is 2. The van der Waals surface area contributed by atoms with E-state index < -0.39 is 11.9 Å². The third kappa shape index (κ3) is 6.70. The minimum atomic E-state index is -0.525. The van der Waals surface area contributed by atoms with Crippen LogP contribution in [-0.4, -0.2) is 31.3 Å². The Balaban J connectivity index is 1.35. The van der Waals surface area contributed by atoms with Gasteiger partial charge < -0.3 is 14.2 Å². The number of fused-ring (bicyclic) bond motifs is 1. The summed E-state index contributed by atoms with van der Waals surface area (Å²) in [6.07, 6.45) is 1.40. The van der Waals surface area contributed by atoms with Gasteiger partial charge in [0.25, 0.3) is 5.91 Å². The van der Waals surface area contributed by atoms with Crippen LogP contribution in [0, 0.1) is 0 Å². The molecule has 7 nitrogen and oxygen atoms in total. The molecule has 1 amide bonds. The van der Waals surface area contributed by atoms with Crippen molar-refractivity contribution in [2.24, 2.45) is 5.10 Å². The number of hydrazone groups is 1. The zero-order valence-corrected chi connectivity index (χ0v) is 21.0. The Morgan fingerprint density at radius 1 is 0.889 bits per heavy atom. The number of amides is 1. The second-order valence-corrected chi connectivity index (χ2v) is 8.54. The highest BCUT2D eigenvalue weighted by Crippen LogP contribution is 2.24. The van der Waals surface area contributed by atoms with Gasteiger partial charge in [0.1, 0.15) is 17.2 Å². The van der Waals surface area contributed by atoms with Crippen molar-refractivity contribution in [3.8, 4) is 17.2 Å². The molecule has 0 heterocycles. The first-order valence-electron chi connectivity index (χ1n) is 11.2. The average molecular weight is 547 g/mol. The van der Waals surface area contributed by atoms with Gasteiger partial charge in [-0.2, -0.15) is 5.10 Å². The molecule has 36 heavy (non-hydrogen) atoms. The molecule has 0 unspecified atom stereocenters. The smallest absolute Gasteiger partial charge is 0.343 e. The van der Waals surface area contributed by atoms with E-state index in [9.17, 15) is 9.59 Å². The van der Waals surface area contributed by atoms with Crippen LogP contribution in [0.3, 0.4) is 0 Å². The Bertz CT molecular complexity index is 1400. The summed E-state index contributed by atoms with van der Waals surface area (Å²) in [5.74, 6) is 0.599. The van der Waals surface area contributed by atoms with E-state index in [1.807, 2.05) is 49.4 Å². The fraction of sp³-hybridized carbons (Fsp3) is 0.107. The number of ether oxygens (including phenoxy) is 3. The van der Waals surface area contributed by atoms with Crippen molar-refractivity contribution in [1.82, 2.24) is 5.43 Å². The molecular weight excluding hydrogens is 524 g/mol. The van der Waals surface area contributed by atoms with Gasteiger partial charge in [-0.1, -0.05) is 46.3 Å². The summed E-state index contributed by atoms with van der Waals surface area (Å²) >= 11 is 3.40. The highest BCUT2D eigenvalue weighted by atomic mass is 79.9. The molecule has 0 spiro atoms. The molecule has 0 bridgehead atoms. The van der Waals surface area contributed by atoms with Gasteiger partial charge in [-0.15, -0.1) is 0 Å². The van der Waals surface area contributed by atoms with Gasteiger partial charge in [0.05, 0.1) is 18.4 Å². The molecule has 182 valence electrons. The van der Waals surface area contributed by atoms with Crippen LogP contribution in [0.4, 0.5) is 0 Å². The Morgan fingerprint density at radius 2 is 1.64 bits per heavy atom. The number of benzene rings is 4. The van der Waals surface area contributed by atoms with E-state index in [4.69, 9.17) is 14.2 Å². The SMILES string of the molecule is CCOc1ccc(C(=O)Oc2ccc(Br)cc2/C=N/NC(=O)COc2ccc3ccccc3c2)cc1. The van der Waals surface area contributed by atoms with Gasteiger partial charge in [0.15, 0.2) is 6.61 Å². The van der Waals surface area contributed by atoms with Crippen molar-refractivity contribution < 1.29 is 23.8 Å². The van der Waals surface area contributed by atoms with Crippen molar-refractivity contribution in [2.45, 2.75) is 6.92 Å². The average Bonchev–Trinajstić information content (AvgIpc) is 2.89. The molecule has 4 aromatic carbocycles. The van der Waals surface area contributed by atoms with Gasteiger partial charge in [0.2, 0.25) is 0 Å². The standard InChI is InChI=1S/C28H23BrN2O5/c1-2-34-24-11-8-20(9-12-24)28(33)36-26-14-10-23(29)15-22(26)17-30-31-27(32)18-35-25-13-7-19-5-3-4-6-21(19)16-25/h3-17H,2,18H2,1H3,(H,31,32)/b30-17+. The van der Waals surface area contributed by atoms with Crippen LogP contribution in [0.25, 0.3) is 10.8 Å². The van der Waals surface area contributed by atoms with E-state index in [2.05, 4.69) is 26.5 Å². The van der Waals surface area contributed by atoms with Gasteiger partial charge in [-0.05, 0) is 72.3 Å². The lowest BCUT2D eigenvalue weighted by atomic mass is 10.1. The third-order valence-corrected chi connectivity index (χ3v) is 5.55. The van der Waals surface area contributed by atoms with E-state index in [0.29, 0.717) is 35.0 Å². The maximum atomic E-state index is 12.6. The summed E-state index contributed by atoms with van der Waals surface area (Å²) in [6, 6.07) is 25.3. The van der Waals surface area contributed by atoms with E-state index in [1.165, 1.54) is 6.21 Å². The summed E-state index contributed by atoms with van der Waals surface area (Å²) in [7, 11) is 0. The second kappa shape index (κ2) is 12.0. The predicted octanol–water partition coefficient (Wildman–Crippen LogP) is 5.75. The topological polar surface area (TPSA) is 86.2 Å². The normalized spacial score (nSPS) is 10.8. The van der Waals surface area contributed by atoms with Crippen LogP contribution in [0.2, 0.25) is 0 Å². The van der Waals surface area contributed by atoms with Crippen LogP contribution < -0.4 is 19.6 Å². The summed E-state index contributed by atoms with van der Waals surface area (Å²) in [5.41, 5.74) is 3.30. The second-order valence-electron chi connectivity index (χ2n) is 7.62. The van der Waals surface area contributed by atoms with Crippen molar-refractivity contribution in [3.63, 3.8) is 0 Å². The number of rotatable bonds is 9. The van der Waals surface area contributed by atoms with Crippen molar-refractivity contribution >= 4 is 44.8 Å². The van der Waals surface area contributed by atoms with Gasteiger partial charge >= 0.3 is 5.97 Å². The lowest BCUT2D eigenvalue weighted by Crippen LogP contribution is -2.24. The molecule has 4 aromatic rings. The maximum Gasteiger partial charge on any atom is 0.343 e. The highest BCUT2D eigenvalue weighted by Gasteiger charge is 2.12. The maximum absolute atomic E-state index is 12.6. The molecule has 8 heteroatoms. The molecule has 0 atom stereocenters. The zero-order chi connectivity index (χ0) is 25.3. The first-order chi connectivity index (χ1) is 17.5. The first-order valence-corrected chi connectivity index (χ1v) is 12.0. The van der Waals surface area contributed by atoms with Crippen LogP contribution in [-0.2, 0) is 4.79 Å². The first kappa shape index (κ1) is 24.9. The molecule has 0 radical (unpaired) electrons. The molecule has 0 saturated heterocycles. The summed E-state index contributed by atoms with van der Waals surface area (Å²) in [4.78, 5) is 24.8. The van der Waals surface area contributed by atoms with Crippen molar-refractivity contribution in [1.29, 1.82) is 0 Å². The fourth-order valence-corrected chi connectivity index (χ4v) is 3.72. The molecular formula is C28H23BrN2O5. The number of hydrogen-bond acceptors (Lipinski definition) is 6. The minimum absolute atomic E-state index is 0.201. The van der Waals surface area contributed by atoms with E-state index >= 15 is 0 Å². The number of nitrogens with one attached hydrogen (secondary N) is 1. The molecule has 0 aliphatic heterocycles. The molecule has 0 saturated carbocycles. The number of halogens is 1. The Kier molecular flexibility index (Phi) is 8.31. The Hall–Kier alpha value is -4.17. The molecule has 1 N–H and O–H groups in total. The molecule has 0 aromatic heterocycles. The van der Waals surface area contributed by atoms with Crippen molar-refractivity contribution in [3.05, 3.63) is 101 Å². The Labute approximate surface area is 216 Å². The van der Waals surface area contributed by atoms with Crippen LogP contribution in [0.5, 0.6) is 17.2 Å². The number of nitrogens with zero attached hydrogens (tertiary/aromatic N) is 1. The van der Waals surface area contributed by atoms with Gasteiger partial charge in [-0.3, -0.25) is 4.79 Å². The largest absolute Gasteiger partial charge is 0.494 e. The fourth-order valence-electron chi connectivity index (χ4n) is 3.34. The van der Waals surface area contributed by atoms with Crippen LogP contribution in [0.1, 0.15) is 22.8 Å². The number of esters is 1. The summed E-state index contributed by atoms with van der Waals surface area (Å²) in [5, 5.41) is 6.10. The number of carbonyl (C=O) groups excluding carboxylic acids is 2. The molecule has 0 aliphatic carbocycles. The van der Waals surface area contributed by atoms with E-state index in [1.54, 1.807) is 42.5 Å². The predicted molar refractivity (Wildman–Crippen MR) is 142 cm³/mol. The Morgan fingerprint density at radius 3 is 2.42 bits per heavy atom. The summed E-state index contributed by atoms with van der Waals surface area (Å²) in [6.45, 7) is 2.23. The quantitative estimate of drug-likeness (QED) is 0.125. The lowest BCUT2D eigenvalue weighted by Gasteiger charge is -2.09. The van der Waals surface area contributed by atoms with Crippen LogP contribution in [0.15, 0.2) is 94.5 Å². The number of hydrogen-bond donors (Lipinski definition) is 1. The lowest BCUT2D eigenvalue weighted by molar-refractivity contribution is -0.123. The monoisotopic (exact) mass is 546 g/mol. The summed E-state index contributed by atoms with van der Waals surface area (Å²) < 4.78 is 17.3. The minimum Gasteiger partial charge on any atom is -0.494 e. The van der Waals surface area contributed by atoms with Crippen molar-refractivity contribution in [2.75, 3.05) is 13.2 Å². The third-order valence-electron chi connectivity index (χ3n) is 5.06. The van der Waals surface area contributed by atoms with Gasteiger partial charge in [-0.25, -0.2) is 10.2 Å². The molecule has 4 rings (SSSR count). The van der Waals surface area contributed by atoms with Crippen LogP contribution >= 0.6 is 15.9 Å². The van der Waals surface area contributed by atoms with E-state index in [-0.39, 0.29) is 6.61 Å². The zero-order valence-electron chi connectivity index (χ0n) is 19.4. The van der Waals surface area contributed by atoms with Gasteiger partial charge in [0, 0.05) is 10.0 Å². The highest BCUT2D eigenvalue weighted by molar-refractivity contribution is 9.10. The molecule has 0 fully saturated rings.